The van der Waals surface area contributed by atoms with Crippen molar-refractivity contribution in [1.82, 2.24) is 20.4 Å². The second-order valence-corrected chi connectivity index (χ2v) is 6.88. The van der Waals surface area contributed by atoms with E-state index in [2.05, 4.69) is 22.7 Å². The van der Waals surface area contributed by atoms with Crippen LogP contribution in [0, 0.1) is 18.7 Å². The molecule has 3 rings (SSSR count). The van der Waals surface area contributed by atoms with Gasteiger partial charge < -0.3 is 10.6 Å². The van der Waals surface area contributed by atoms with Crippen LogP contribution in [-0.2, 0) is 4.79 Å². The zero-order valence-corrected chi connectivity index (χ0v) is 16.1. The second kappa shape index (κ2) is 8.64. The van der Waals surface area contributed by atoms with E-state index in [1.165, 1.54) is 12.1 Å². The number of hydrogen-bond donors (Lipinski definition) is 2. The third-order valence-electron chi connectivity index (χ3n) is 4.94. The molecule has 0 saturated carbocycles. The highest BCUT2D eigenvalue weighted by molar-refractivity contribution is 5.85. The molecule has 1 aliphatic heterocycles. The summed E-state index contributed by atoms with van der Waals surface area (Å²) < 4.78 is 14.9. The smallest absolute Gasteiger partial charge is 0.223 e. The molecule has 1 amide bonds. The number of hydrogen-bond acceptors (Lipinski definition) is 3. The Morgan fingerprint density at radius 3 is 2.73 bits per heavy atom. The third-order valence-corrected chi connectivity index (χ3v) is 4.94. The van der Waals surface area contributed by atoms with Crippen molar-refractivity contribution in [2.45, 2.75) is 45.7 Å². The predicted octanol–water partition coefficient (Wildman–Crippen LogP) is 3.31. The van der Waals surface area contributed by atoms with Gasteiger partial charge in [-0.2, -0.15) is 5.10 Å². The number of benzene rings is 1. The summed E-state index contributed by atoms with van der Waals surface area (Å²) in [6.07, 6.45) is 3.51. The van der Waals surface area contributed by atoms with Gasteiger partial charge in [0.05, 0.1) is 17.9 Å². The molecule has 26 heavy (non-hydrogen) atoms. The van der Waals surface area contributed by atoms with Crippen molar-refractivity contribution >= 4 is 18.3 Å². The van der Waals surface area contributed by atoms with Crippen LogP contribution in [0.25, 0.3) is 5.69 Å². The van der Waals surface area contributed by atoms with Gasteiger partial charge in [0, 0.05) is 23.2 Å². The topological polar surface area (TPSA) is 59.0 Å². The molecule has 0 bridgehead atoms. The zero-order chi connectivity index (χ0) is 18.0. The van der Waals surface area contributed by atoms with Gasteiger partial charge in [-0.05, 0) is 64.4 Å². The monoisotopic (exact) mass is 380 g/mol. The number of nitrogens with one attached hydrogen (secondary N) is 2. The lowest BCUT2D eigenvalue weighted by molar-refractivity contribution is -0.126. The Kier molecular flexibility index (Phi) is 6.78. The SMILES string of the molecule is Cc1c(C(C)NC(=O)[C@H]2CCN[C@@H](C)C2)cnn1-c1ccc(F)cc1.Cl. The second-order valence-electron chi connectivity index (χ2n) is 6.88. The fraction of sp³-hybridized carbons (Fsp3) is 0.474. The van der Waals surface area contributed by atoms with Crippen LogP contribution in [0.2, 0.25) is 0 Å². The Bertz CT molecular complexity index is 746. The van der Waals surface area contributed by atoms with Crippen LogP contribution in [0.4, 0.5) is 4.39 Å². The number of halogens is 2. The summed E-state index contributed by atoms with van der Waals surface area (Å²) in [5.41, 5.74) is 2.72. The summed E-state index contributed by atoms with van der Waals surface area (Å²) >= 11 is 0. The van der Waals surface area contributed by atoms with Gasteiger partial charge in [0.25, 0.3) is 0 Å². The van der Waals surface area contributed by atoms with E-state index in [-0.39, 0.29) is 36.1 Å². The van der Waals surface area contributed by atoms with Crippen LogP contribution in [0.1, 0.15) is 44.0 Å². The maximum Gasteiger partial charge on any atom is 0.223 e. The average Bonchev–Trinajstić information content (AvgIpc) is 2.97. The number of rotatable bonds is 4. The quantitative estimate of drug-likeness (QED) is 0.855. The van der Waals surface area contributed by atoms with Crippen LogP contribution in [0.5, 0.6) is 0 Å². The molecule has 142 valence electrons. The highest BCUT2D eigenvalue weighted by atomic mass is 35.5. The Morgan fingerprint density at radius 2 is 2.08 bits per heavy atom. The standard InChI is InChI=1S/C19H25FN4O.ClH/c1-12-10-15(8-9-21-12)19(25)23-13(2)18-11-22-24(14(18)3)17-6-4-16(20)5-7-17;/h4-7,11-13,15,21H,8-10H2,1-3H3,(H,23,25);1H/t12-,13?,15-;/m0./s1. The Hall–Kier alpha value is -1.92. The number of aromatic nitrogens is 2. The summed E-state index contributed by atoms with van der Waals surface area (Å²) in [6, 6.07) is 6.48. The highest BCUT2D eigenvalue weighted by Crippen LogP contribution is 2.22. The number of nitrogens with zero attached hydrogens (tertiary/aromatic N) is 2. The minimum Gasteiger partial charge on any atom is -0.349 e. The molecule has 2 aromatic rings. The molecule has 1 aromatic carbocycles. The first-order valence-electron chi connectivity index (χ1n) is 8.80. The summed E-state index contributed by atoms with van der Waals surface area (Å²) in [6.45, 7) is 6.93. The van der Waals surface area contributed by atoms with Gasteiger partial charge >= 0.3 is 0 Å². The minimum atomic E-state index is -0.273. The number of amides is 1. The largest absolute Gasteiger partial charge is 0.349 e. The third kappa shape index (κ3) is 4.43. The molecule has 1 aromatic heterocycles. The maximum atomic E-state index is 13.1. The molecule has 1 fully saturated rings. The summed E-state index contributed by atoms with van der Waals surface area (Å²) in [5, 5.41) is 10.9. The number of carbonyl (C=O) groups is 1. The Balaban J connectivity index is 0.00000243. The van der Waals surface area contributed by atoms with Gasteiger partial charge in [0.15, 0.2) is 0 Å². The van der Waals surface area contributed by atoms with Crippen LogP contribution in [0.15, 0.2) is 30.5 Å². The Labute approximate surface area is 159 Å². The lowest BCUT2D eigenvalue weighted by atomic mass is 9.92. The van der Waals surface area contributed by atoms with Crippen LogP contribution in [0.3, 0.4) is 0 Å². The molecular weight excluding hydrogens is 355 g/mol. The number of carbonyl (C=O) groups excluding carboxylic acids is 1. The van der Waals surface area contributed by atoms with E-state index in [4.69, 9.17) is 0 Å². The first-order valence-corrected chi connectivity index (χ1v) is 8.80. The van der Waals surface area contributed by atoms with Crippen molar-refractivity contribution in [2.24, 2.45) is 5.92 Å². The molecular formula is C19H26ClFN4O. The minimum absolute atomic E-state index is 0. The normalized spacial score (nSPS) is 20.9. The van der Waals surface area contributed by atoms with Crippen molar-refractivity contribution < 1.29 is 9.18 Å². The van der Waals surface area contributed by atoms with Crippen molar-refractivity contribution in [3.05, 3.63) is 47.5 Å². The van der Waals surface area contributed by atoms with E-state index >= 15 is 0 Å². The van der Waals surface area contributed by atoms with Crippen molar-refractivity contribution in [3.8, 4) is 5.69 Å². The van der Waals surface area contributed by atoms with Crippen molar-refractivity contribution in [2.75, 3.05) is 6.54 Å². The average molecular weight is 381 g/mol. The van der Waals surface area contributed by atoms with E-state index in [1.807, 2.05) is 13.8 Å². The molecule has 0 aliphatic carbocycles. The van der Waals surface area contributed by atoms with Gasteiger partial charge in [-0.15, -0.1) is 12.4 Å². The summed E-state index contributed by atoms with van der Waals surface area (Å²) in [5.74, 6) is -0.105. The molecule has 3 atom stereocenters. The van der Waals surface area contributed by atoms with E-state index in [0.29, 0.717) is 6.04 Å². The van der Waals surface area contributed by atoms with Crippen molar-refractivity contribution in [1.29, 1.82) is 0 Å². The van der Waals surface area contributed by atoms with Gasteiger partial charge in [0.1, 0.15) is 5.82 Å². The van der Waals surface area contributed by atoms with E-state index in [9.17, 15) is 9.18 Å². The molecule has 1 unspecified atom stereocenters. The molecule has 2 N–H and O–H groups in total. The molecule has 1 aliphatic rings. The summed E-state index contributed by atoms with van der Waals surface area (Å²) in [4.78, 5) is 12.5. The van der Waals surface area contributed by atoms with E-state index in [0.717, 1.165) is 36.3 Å². The van der Waals surface area contributed by atoms with Crippen molar-refractivity contribution in [3.63, 3.8) is 0 Å². The molecule has 1 saturated heterocycles. The van der Waals surface area contributed by atoms with E-state index < -0.39 is 0 Å². The highest BCUT2D eigenvalue weighted by Gasteiger charge is 2.26. The van der Waals surface area contributed by atoms with Crippen LogP contribution < -0.4 is 10.6 Å². The van der Waals surface area contributed by atoms with Gasteiger partial charge in [-0.3, -0.25) is 4.79 Å². The first-order chi connectivity index (χ1) is 12.0. The van der Waals surface area contributed by atoms with Crippen LogP contribution in [-0.4, -0.2) is 28.3 Å². The fourth-order valence-electron chi connectivity index (χ4n) is 3.47. The molecule has 5 nitrogen and oxygen atoms in total. The molecule has 0 spiro atoms. The fourth-order valence-corrected chi connectivity index (χ4v) is 3.47. The summed E-state index contributed by atoms with van der Waals surface area (Å²) in [7, 11) is 0. The van der Waals surface area contributed by atoms with E-state index in [1.54, 1.807) is 23.0 Å². The lowest BCUT2D eigenvalue weighted by Crippen LogP contribution is -2.43. The maximum absolute atomic E-state index is 13.1. The number of piperidine rings is 1. The van der Waals surface area contributed by atoms with Crippen LogP contribution >= 0.6 is 12.4 Å². The molecule has 0 radical (unpaired) electrons. The van der Waals surface area contributed by atoms with Gasteiger partial charge in [0.2, 0.25) is 5.91 Å². The predicted molar refractivity (Wildman–Crippen MR) is 102 cm³/mol. The van der Waals surface area contributed by atoms with Gasteiger partial charge in [-0.25, -0.2) is 9.07 Å². The zero-order valence-electron chi connectivity index (χ0n) is 15.3. The molecule has 2 heterocycles. The lowest BCUT2D eigenvalue weighted by Gasteiger charge is -2.28. The Morgan fingerprint density at radius 1 is 1.38 bits per heavy atom. The molecule has 7 heteroatoms. The first kappa shape index (κ1) is 20.4. The van der Waals surface area contributed by atoms with Gasteiger partial charge in [-0.1, -0.05) is 0 Å².